The smallest absolute Gasteiger partial charge is 0.497 e. The second kappa shape index (κ2) is 9.18. The monoisotopic (exact) mass is 464 g/mol. The van der Waals surface area contributed by atoms with Gasteiger partial charge in [-0.1, -0.05) is 18.2 Å². The summed E-state index contributed by atoms with van der Waals surface area (Å²) in [6, 6.07) is 9.77. The molecule has 0 bridgehead atoms. The minimum atomic E-state index is -4.97. The third-order valence-electron chi connectivity index (χ3n) is 5.13. The van der Waals surface area contributed by atoms with Crippen LogP contribution in [0.3, 0.4) is 0 Å². The van der Waals surface area contributed by atoms with E-state index in [0.717, 1.165) is 12.1 Å². The van der Waals surface area contributed by atoms with E-state index in [4.69, 9.17) is 9.47 Å². The van der Waals surface area contributed by atoms with Gasteiger partial charge in [0.2, 0.25) is 0 Å². The molecule has 0 spiro atoms. The lowest BCUT2D eigenvalue weighted by atomic mass is 9.89. The maximum absolute atomic E-state index is 14.0. The number of alkyl halides is 5. The number of aliphatic hydroxyl groups excluding tert-OH is 3. The van der Waals surface area contributed by atoms with Crippen molar-refractivity contribution in [3.8, 4) is 11.5 Å². The predicted octanol–water partition coefficient (Wildman–Crippen LogP) is 2.97. The summed E-state index contributed by atoms with van der Waals surface area (Å²) in [5.41, 5.74) is 0.664. The number of halogens is 5. The molecule has 32 heavy (non-hydrogen) atoms. The lowest BCUT2D eigenvalue weighted by Gasteiger charge is -2.42. The summed E-state index contributed by atoms with van der Waals surface area (Å²) >= 11 is 0. The summed E-state index contributed by atoms with van der Waals surface area (Å²) in [6.07, 6.45) is -13.3. The van der Waals surface area contributed by atoms with Crippen molar-refractivity contribution in [1.82, 2.24) is 0 Å². The van der Waals surface area contributed by atoms with Crippen molar-refractivity contribution in [3.63, 3.8) is 0 Å². The van der Waals surface area contributed by atoms with Gasteiger partial charge in [0.1, 0.15) is 35.9 Å². The van der Waals surface area contributed by atoms with Crippen molar-refractivity contribution in [1.29, 1.82) is 0 Å². The van der Waals surface area contributed by atoms with Crippen molar-refractivity contribution in [2.24, 2.45) is 0 Å². The Kier molecular flexibility index (Phi) is 6.94. The molecule has 3 rings (SSSR count). The maximum Gasteiger partial charge on any atom is 0.573 e. The van der Waals surface area contributed by atoms with Gasteiger partial charge in [0.05, 0.1) is 13.7 Å². The van der Waals surface area contributed by atoms with Gasteiger partial charge in [-0.05, 0) is 41.0 Å². The molecule has 6 nitrogen and oxygen atoms in total. The molecule has 1 heterocycles. The SMILES string of the molecule is COc1ccc(Cc2cc(C3OC(CO)C(F)(F)C(O)C3O)ccc2OC(F)(F)F)cc1. The average Bonchev–Trinajstić information content (AvgIpc) is 2.73. The molecule has 2 aromatic carbocycles. The van der Waals surface area contributed by atoms with E-state index in [9.17, 15) is 37.3 Å². The fourth-order valence-electron chi connectivity index (χ4n) is 3.47. The lowest BCUT2D eigenvalue weighted by Crippen LogP contribution is -2.59. The highest BCUT2D eigenvalue weighted by Crippen LogP contribution is 2.42. The zero-order valence-corrected chi connectivity index (χ0v) is 16.7. The lowest BCUT2D eigenvalue weighted by molar-refractivity contribution is -0.296. The zero-order chi connectivity index (χ0) is 23.7. The van der Waals surface area contributed by atoms with Crippen LogP contribution in [0.1, 0.15) is 22.8 Å². The van der Waals surface area contributed by atoms with Crippen molar-refractivity contribution in [2.75, 3.05) is 13.7 Å². The van der Waals surface area contributed by atoms with Gasteiger partial charge in [0.25, 0.3) is 0 Å². The first-order valence-corrected chi connectivity index (χ1v) is 9.48. The molecule has 3 N–H and O–H groups in total. The Morgan fingerprint density at radius 2 is 1.72 bits per heavy atom. The molecule has 4 unspecified atom stereocenters. The standard InChI is InChI=1S/C21H21F5O6/c1-30-14-5-2-11(3-6-14)8-13-9-12(4-7-15(13)32-21(24,25)26)18-17(28)19(29)20(22,23)16(10-27)31-18/h2-7,9,16-19,27-29H,8,10H2,1H3. The van der Waals surface area contributed by atoms with Crippen LogP contribution in [0.5, 0.6) is 11.5 Å². The minimum Gasteiger partial charge on any atom is -0.497 e. The maximum atomic E-state index is 14.0. The van der Waals surface area contributed by atoms with E-state index in [1.807, 2.05) is 0 Å². The molecular formula is C21H21F5O6. The number of hydrogen-bond donors (Lipinski definition) is 3. The molecule has 0 saturated carbocycles. The van der Waals surface area contributed by atoms with Gasteiger partial charge < -0.3 is 29.5 Å². The van der Waals surface area contributed by atoms with Crippen LogP contribution in [0.15, 0.2) is 42.5 Å². The Labute approximate surface area is 179 Å². The number of rotatable bonds is 6. The molecular weight excluding hydrogens is 443 g/mol. The molecule has 0 aliphatic carbocycles. The molecule has 4 atom stereocenters. The fourth-order valence-corrected chi connectivity index (χ4v) is 3.47. The van der Waals surface area contributed by atoms with E-state index in [-0.39, 0.29) is 17.5 Å². The molecule has 1 saturated heterocycles. The summed E-state index contributed by atoms with van der Waals surface area (Å²) in [7, 11) is 1.46. The van der Waals surface area contributed by atoms with Crippen LogP contribution in [0, 0.1) is 0 Å². The summed E-state index contributed by atoms with van der Waals surface area (Å²) in [5.74, 6) is -3.90. The molecule has 0 amide bonds. The van der Waals surface area contributed by atoms with E-state index in [1.165, 1.54) is 13.2 Å². The van der Waals surface area contributed by atoms with E-state index >= 15 is 0 Å². The predicted molar refractivity (Wildman–Crippen MR) is 101 cm³/mol. The quantitative estimate of drug-likeness (QED) is 0.570. The van der Waals surface area contributed by atoms with Gasteiger partial charge >= 0.3 is 12.3 Å². The van der Waals surface area contributed by atoms with Gasteiger partial charge in [-0.2, -0.15) is 0 Å². The Hall–Kier alpha value is -2.47. The first-order valence-electron chi connectivity index (χ1n) is 9.48. The highest BCUT2D eigenvalue weighted by Gasteiger charge is 2.57. The van der Waals surface area contributed by atoms with E-state index in [1.54, 1.807) is 24.3 Å². The third-order valence-corrected chi connectivity index (χ3v) is 5.13. The van der Waals surface area contributed by atoms with Crippen LogP contribution < -0.4 is 9.47 Å². The van der Waals surface area contributed by atoms with Crippen molar-refractivity contribution >= 4 is 0 Å². The van der Waals surface area contributed by atoms with Crippen molar-refractivity contribution in [3.05, 3.63) is 59.2 Å². The zero-order valence-electron chi connectivity index (χ0n) is 16.7. The molecule has 176 valence electrons. The molecule has 1 fully saturated rings. The van der Waals surface area contributed by atoms with E-state index in [0.29, 0.717) is 11.3 Å². The molecule has 0 aromatic heterocycles. The summed E-state index contributed by atoms with van der Waals surface area (Å²) < 4.78 is 80.9. The van der Waals surface area contributed by atoms with E-state index in [2.05, 4.69) is 4.74 Å². The number of benzene rings is 2. The number of methoxy groups -OCH3 is 1. The van der Waals surface area contributed by atoms with Gasteiger partial charge in [0.15, 0.2) is 0 Å². The van der Waals surface area contributed by atoms with E-state index < -0.39 is 49.1 Å². The fraction of sp³-hybridized carbons (Fsp3) is 0.429. The second-order valence-corrected chi connectivity index (χ2v) is 7.28. The topological polar surface area (TPSA) is 88.4 Å². The Morgan fingerprint density at radius 3 is 2.28 bits per heavy atom. The van der Waals surface area contributed by atoms with Crippen LogP contribution in [-0.2, 0) is 11.2 Å². The summed E-state index contributed by atoms with van der Waals surface area (Å²) in [4.78, 5) is 0. The Morgan fingerprint density at radius 1 is 1.06 bits per heavy atom. The number of ether oxygens (including phenoxy) is 3. The highest BCUT2D eigenvalue weighted by atomic mass is 19.4. The Bertz CT molecular complexity index is 914. The van der Waals surface area contributed by atoms with Crippen LogP contribution in [-0.4, -0.2) is 59.6 Å². The number of aliphatic hydroxyl groups is 3. The van der Waals surface area contributed by atoms with Crippen molar-refractivity contribution < 1.29 is 51.5 Å². The summed E-state index contributed by atoms with van der Waals surface area (Å²) in [6.45, 7) is -1.14. The molecule has 2 aromatic rings. The third kappa shape index (κ3) is 5.12. The first kappa shape index (κ1) is 24.2. The largest absolute Gasteiger partial charge is 0.573 e. The van der Waals surface area contributed by atoms with Crippen LogP contribution in [0.4, 0.5) is 22.0 Å². The minimum absolute atomic E-state index is 0.0311. The van der Waals surface area contributed by atoms with Gasteiger partial charge in [-0.15, -0.1) is 13.2 Å². The second-order valence-electron chi connectivity index (χ2n) is 7.28. The van der Waals surface area contributed by atoms with Crippen LogP contribution in [0.25, 0.3) is 0 Å². The summed E-state index contributed by atoms with van der Waals surface area (Å²) in [5, 5.41) is 29.2. The average molecular weight is 464 g/mol. The van der Waals surface area contributed by atoms with Crippen LogP contribution in [0.2, 0.25) is 0 Å². The normalized spacial score (nSPS) is 25.4. The molecule has 11 heteroatoms. The number of hydrogen-bond acceptors (Lipinski definition) is 6. The molecule has 1 aliphatic heterocycles. The van der Waals surface area contributed by atoms with Crippen molar-refractivity contribution in [2.45, 2.75) is 43.1 Å². The van der Waals surface area contributed by atoms with Gasteiger partial charge in [-0.25, -0.2) is 8.78 Å². The highest BCUT2D eigenvalue weighted by molar-refractivity contribution is 5.42. The molecule has 1 aliphatic rings. The first-order chi connectivity index (χ1) is 15.0. The Balaban J connectivity index is 1.97. The van der Waals surface area contributed by atoms with Gasteiger partial charge in [-0.3, -0.25) is 0 Å². The van der Waals surface area contributed by atoms with Gasteiger partial charge in [0, 0.05) is 6.42 Å². The van der Waals surface area contributed by atoms with Crippen LogP contribution >= 0.6 is 0 Å². The molecule has 0 radical (unpaired) electrons.